The van der Waals surface area contributed by atoms with Crippen molar-refractivity contribution in [1.82, 2.24) is 24.5 Å². The zero-order valence-corrected chi connectivity index (χ0v) is 18.7. The first-order valence-electron chi connectivity index (χ1n) is 9.45. The number of piperazine rings is 1. The van der Waals surface area contributed by atoms with Gasteiger partial charge in [-0.25, -0.2) is 4.98 Å². The second-order valence-corrected chi connectivity index (χ2v) is 6.68. The molecule has 4 rings (SSSR count). The van der Waals surface area contributed by atoms with Gasteiger partial charge in [0.2, 0.25) is 0 Å². The van der Waals surface area contributed by atoms with Crippen LogP contribution in [-0.4, -0.2) is 70.8 Å². The molecule has 154 valence electrons. The van der Waals surface area contributed by atoms with E-state index in [1.807, 2.05) is 33.7 Å². The van der Waals surface area contributed by atoms with Gasteiger partial charge in [-0.2, -0.15) is 0 Å². The molecule has 3 aromatic rings. The van der Waals surface area contributed by atoms with Gasteiger partial charge in [0, 0.05) is 58.6 Å². The minimum Gasteiger partial charge on any atom is -0.459 e. The summed E-state index contributed by atoms with van der Waals surface area (Å²) >= 11 is 0. The molecule has 0 radical (unpaired) electrons. The van der Waals surface area contributed by atoms with Gasteiger partial charge in [-0.05, 0) is 24.3 Å². The maximum atomic E-state index is 12.4. The standard InChI is InChI=1S/C20H24N6O2.HI/c1-21-20(22-8-7-16-15-26-9-3-2-6-18(26)23-16)25-12-10-24(11-13-25)19(27)17-5-4-14-28-17;/h2-6,9,14-15H,7-8,10-13H2,1H3,(H,21,22);1H. The lowest BCUT2D eigenvalue weighted by Gasteiger charge is -2.36. The van der Waals surface area contributed by atoms with Crippen molar-refractivity contribution in [3.05, 3.63) is 60.4 Å². The van der Waals surface area contributed by atoms with Crippen molar-refractivity contribution in [2.24, 2.45) is 4.99 Å². The van der Waals surface area contributed by atoms with Crippen molar-refractivity contribution in [3.8, 4) is 0 Å². The number of guanidine groups is 1. The van der Waals surface area contributed by atoms with Gasteiger partial charge in [0.05, 0.1) is 12.0 Å². The van der Waals surface area contributed by atoms with Crippen molar-refractivity contribution >= 4 is 41.5 Å². The number of halogens is 1. The number of pyridine rings is 1. The van der Waals surface area contributed by atoms with Gasteiger partial charge in [0.1, 0.15) is 5.65 Å². The number of fused-ring (bicyclic) bond motifs is 1. The molecule has 29 heavy (non-hydrogen) atoms. The molecule has 0 aliphatic carbocycles. The van der Waals surface area contributed by atoms with E-state index in [9.17, 15) is 4.79 Å². The van der Waals surface area contributed by atoms with Crippen LogP contribution in [0.1, 0.15) is 16.2 Å². The summed E-state index contributed by atoms with van der Waals surface area (Å²) in [7, 11) is 1.79. The van der Waals surface area contributed by atoms with Crippen LogP contribution in [0.3, 0.4) is 0 Å². The molecule has 0 spiro atoms. The fraction of sp³-hybridized carbons (Fsp3) is 0.350. The molecule has 3 aromatic heterocycles. The van der Waals surface area contributed by atoms with Crippen LogP contribution in [0.15, 0.2) is 58.4 Å². The Labute approximate surface area is 186 Å². The Morgan fingerprint density at radius 1 is 1.17 bits per heavy atom. The summed E-state index contributed by atoms with van der Waals surface area (Å²) in [5.41, 5.74) is 2.00. The van der Waals surface area contributed by atoms with E-state index in [4.69, 9.17) is 4.42 Å². The average Bonchev–Trinajstić information content (AvgIpc) is 3.40. The Hall–Kier alpha value is -2.56. The molecule has 0 aromatic carbocycles. The summed E-state index contributed by atoms with van der Waals surface area (Å²) in [6, 6.07) is 9.42. The van der Waals surface area contributed by atoms with E-state index in [2.05, 4.69) is 26.4 Å². The van der Waals surface area contributed by atoms with E-state index in [-0.39, 0.29) is 29.9 Å². The topological polar surface area (TPSA) is 78.4 Å². The van der Waals surface area contributed by atoms with E-state index in [1.165, 1.54) is 6.26 Å². The molecule has 0 saturated carbocycles. The number of rotatable bonds is 4. The highest BCUT2D eigenvalue weighted by atomic mass is 127. The highest BCUT2D eigenvalue weighted by Crippen LogP contribution is 2.10. The zero-order chi connectivity index (χ0) is 19.3. The van der Waals surface area contributed by atoms with E-state index >= 15 is 0 Å². The van der Waals surface area contributed by atoms with E-state index in [0.29, 0.717) is 18.8 Å². The number of amides is 1. The summed E-state index contributed by atoms with van der Waals surface area (Å²) in [6.07, 6.45) is 6.40. The lowest BCUT2D eigenvalue weighted by atomic mass is 10.3. The highest BCUT2D eigenvalue weighted by molar-refractivity contribution is 14.0. The quantitative estimate of drug-likeness (QED) is 0.332. The fourth-order valence-electron chi connectivity index (χ4n) is 3.42. The van der Waals surface area contributed by atoms with E-state index in [1.54, 1.807) is 19.2 Å². The van der Waals surface area contributed by atoms with Gasteiger partial charge in [-0.15, -0.1) is 24.0 Å². The second kappa shape index (κ2) is 9.77. The van der Waals surface area contributed by atoms with Crippen LogP contribution >= 0.6 is 24.0 Å². The van der Waals surface area contributed by atoms with Crippen LogP contribution in [0.25, 0.3) is 5.65 Å². The molecule has 0 atom stereocenters. The number of aromatic nitrogens is 2. The molecule has 1 saturated heterocycles. The van der Waals surface area contributed by atoms with Crippen LogP contribution in [0, 0.1) is 0 Å². The number of nitrogens with one attached hydrogen (secondary N) is 1. The van der Waals surface area contributed by atoms with Crippen LogP contribution < -0.4 is 5.32 Å². The molecule has 9 heteroatoms. The number of aliphatic imine (C=N–C) groups is 1. The molecule has 4 heterocycles. The second-order valence-electron chi connectivity index (χ2n) is 6.68. The Balaban J connectivity index is 0.00000240. The Morgan fingerprint density at radius 2 is 1.97 bits per heavy atom. The number of carbonyl (C=O) groups excluding carboxylic acids is 1. The third kappa shape index (κ3) is 4.89. The summed E-state index contributed by atoms with van der Waals surface area (Å²) in [4.78, 5) is 25.4. The lowest BCUT2D eigenvalue weighted by molar-refractivity contribution is 0.0658. The summed E-state index contributed by atoms with van der Waals surface area (Å²) in [5, 5.41) is 3.41. The number of hydrogen-bond donors (Lipinski definition) is 1. The minimum atomic E-state index is -0.0561. The van der Waals surface area contributed by atoms with Crippen molar-refractivity contribution in [2.45, 2.75) is 6.42 Å². The number of imidazole rings is 1. The molecule has 1 N–H and O–H groups in total. The normalized spacial score (nSPS) is 14.7. The third-order valence-electron chi connectivity index (χ3n) is 4.89. The molecular formula is C20H25IN6O2. The number of hydrogen-bond acceptors (Lipinski definition) is 4. The van der Waals surface area contributed by atoms with Gasteiger partial charge >= 0.3 is 0 Å². The molecule has 0 unspecified atom stereocenters. The van der Waals surface area contributed by atoms with Crippen molar-refractivity contribution < 1.29 is 9.21 Å². The number of furan rings is 1. The molecule has 1 aliphatic heterocycles. The smallest absolute Gasteiger partial charge is 0.289 e. The first-order valence-corrected chi connectivity index (χ1v) is 9.45. The largest absolute Gasteiger partial charge is 0.459 e. The SMILES string of the molecule is CN=C(NCCc1cn2ccccc2n1)N1CCN(C(=O)c2ccco2)CC1.I. The first-order chi connectivity index (χ1) is 13.7. The molecule has 1 fully saturated rings. The van der Waals surface area contributed by atoms with Crippen LogP contribution in [0.5, 0.6) is 0 Å². The van der Waals surface area contributed by atoms with Gasteiger partial charge in [0.25, 0.3) is 5.91 Å². The highest BCUT2D eigenvalue weighted by Gasteiger charge is 2.25. The van der Waals surface area contributed by atoms with Gasteiger partial charge in [0.15, 0.2) is 11.7 Å². The zero-order valence-electron chi connectivity index (χ0n) is 16.3. The van der Waals surface area contributed by atoms with Crippen molar-refractivity contribution in [1.29, 1.82) is 0 Å². The summed E-state index contributed by atoms with van der Waals surface area (Å²) < 4.78 is 7.24. The van der Waals surface area contributed by atoms with E-state index < -0.39 is 0 Å². The summed E-state index contributed by atoms with van der Waals surface area (Å²) in [6.45, 7) is 3.52. The third-order valence-corrected chi connectivity index (χ3v) is 4.89. The minimum absolute atomic E-state index is 0. The Bertz CT molecular complexity index is 927. The predicted octanol–water partition coefficient (Wildman–Crippen LogP) is 2.12. The molecule has 0 bridgehead atoms. The van der Waals surface area contributed by atoms with Crippen molar-refractivity contribution in [3.63, 3.8) is 0 Å². The molecule has 8 nitrogen and oxygen atoms in total. The number of nitrogens with zero attached hydrogens (tertiary/aromatic N) is 5. The lowest BCUT2D eigenvalue weighted by Crippen LogP contribution is -2.54. The summed E-state index contributed by atoms with van der Waals surface area (Å²) in [5.74, 6) is 1.19. The molecule has 1 amide bonds. The van der Waals surface area contributed by atoms with Crippen molar-refractivity contribution in [2.75, 3.05) is 39.8 Å². The predicted molar refractivity (Wildman–Crippen MR) is 122 cm³/mol. The first kappa shape index (κ1) is 21.2. The van der Waals surface area contributed by atoms with Crippen LogP contribution in [-0.2, 0) is 6.42 Å². The van der Waals surface area contributed by atoms with Gasteiger partial charge < -0.3 is 23.9 Å². The average molecular weight is 508 g/mol. The Morgan fingerprint density at radius 3 is 2.66 bits per heavy atom. The van der Waals surface area contributed by atoms with Crippen LogP contribution in [0.4, 0.5) is 0 Å². The maximum absolute atomic E-state index is 12.4. The van der Waals surface area contributed by atoms with Gasteiger partial charge in [-0.1, -0.05) is 6.07 Å². The van der Waals surface area contributed by atoms with E-state index in [0.717, 1.165) is 43.4 Å². The maximum Gasteiger partial charge on any atom is 0.289 e. The number of carbonyl (C=O) groups is 1. The van der Waals surface area contributed by atoms with Gasteiger partial charge in [-0.3, -0.25) is 9.79 Å². The molecular weight excluding hydrogens is 483 g/mol. The Kier molecular flexibility index (Phi) is 7.13. The van der Waals surface area contributed by atoms with Crippen LogP contribution in [0.2, 0.25) is 0 Å². The fourth-order valence-corrected chi connectivity index (χ4v) is 3.42. The monoisotopic (exact) mass is 508 g/mol. The molecule has 1 aliphatic rings.